The number of halogens is 1. The molecule has 120 valence electrons. The van der Waals surface area contributed by atoms with Gasteiger partial charge in [-0.15, -0.1) is 0 Å². The van der Waals surface area contributed by atoms with Gasteiger partial charge >= 0.3 is 5.97 Å². The standard InChI is InChI=1S/C17H22ClNO3/c1-22-16(20)11-12-19(13-7-3-2-4-8-13)17(21)14-9-5-6-10-15(14)18/h5-6,9-10,13H,2-4,7-8,11-12H2,1H3. The molecule has 4 nitrogen and oxygen atoms in total. The van der Waals surface area contributed by atoms with E-state index < -0.39 is 0 Å². The SMILES string of the molecule is COC(=O)CCN(C(=O)c1ccccc1Cl)C1CCCCC1. The third kappa shape index (κ3) is 4.23. The molecule has 1 saturated carbocycles. The predicted octanol–water partition coefficient (Wildman–Crippen LogP) is 3.68. The smallest absolute Gasteiger partial charge is 0.307 e. The van der Waals surface area contributed by atoms with E-state index in [1.807, 2.05) is 0 Å². The number of esters is 1. The van der Waals surface area contributed by atoms with Crippen molar-refractivity contribution in [3.05, 3.63) is 34.9 Å². The Morgan fingerprint density at radius 1 is 1.23 bits per heavy atom. The molecule has 0 bridgehead atoms. The van der Waals surface area contributed by atoms with E-state index in [1.165, 1.54) is 13.5 Å². The van der Waals surface area contributed by atoms with Crippen LogP contribution in [-0.4, -0.2) is 36.5 Å². The lowest BCUT2D eigenvalue weighted by atomic mass is 9.93. The summed E-state index contributed by atoms with van der Waals surface area (Å²) in [7, 11) is 1.36. The van der Waals surface area contributed by atoms with Gasteiger partial charge in [0, 0.05) is 12.6 Å². The molecule has 0 unspecified atom stereocenters. The van der Waals surface area contributed by atoms with Crippen LogP contribution in [0.15, 0.2) is 24.3 Å². The number of hydrogen-bond acceptors (Lipinski definition) is 3. The molecule has 1 fully saturated rings. The first kappa shape index (κ1) is 16.8. The van der Waals surface area contributed by atoms with Crippen LogP contribution in [-0.2, 0) is 9.53 Å². The summed E-state index contributed by atoms with van der Waals surface area (Å²) in [6.45, 7) is 0.376. The molecule has 5 heteroatoms. The van der Waals surface area contributed by atoms with E-state index in [1.54, 1.807) is 29.2 Å². The van der Waals surface area contributed by atoms with Crippen LogP contribution in [0, 0.1) is 0 Å². The highest BCUT2D eigenvalue weighted by molar-refractivity contribution is 6.33. The molecule has 1 aromatic carbocycles. The highest BCUT2D eigenvalue weighted by Gasteiger charge is 2.27. The van der Waals surface area contributed by atoms with Crippen LogP contribution >= 0.6 is 11.6 Å². The zero-order valence-corrected chi connectivity index (χ0v) is 13.6. The van der Waals surface area contributed by atoms with Crippen molar-refractivity contribution >= 4 is 23.5 Å². The van der Waals surface area contributed by atoms with Crippen molar-refractivity contribution in [1.82, 2.24) is 4.90 Å². The highest BCUT2D eigenvalue weighted by Crippen LogP contribution is 2.26. The molecule has 1 aliphatic rings. The third-order valence-corrected chi connectivity index (χ3v) is 4.49. The maximum Gasteiger partial charge on any atom is 0.307 e. The van der Waals surface area contributed by atoms with Gasteiger partial charge in [0.2, 0.25) is 0 Å². The van der Waals surface area contributed by atoms with Gasteiger partial charge in [0.1, 0.15) is 0 Å². The quantitative estimate of drug-likeness (QED) is 0.777. The minimum absolute atomic E-state index is 0.0959. The van der Waals surface area contributed by atoms with Gasteiger partial charge in [0.15, 0.2) is 0 Å². The maximum atomic E-state index is 12.9. The summed E-state index contributed by atoms with van der Waals surface area (Å²) in [4.78, 5) is 26.1. The van der Waals surface area contributed by atoms with E-state index >= 15 is 0 Å². The van der Waals surface area contributed by atoms with Crippen molar-refractivity contribution in [3.8, 4) is 0 Å². The number of nitrogens with zero attached hydrogens (tertiary/aromatic N) is 1. The summed E-state index contributed by atoms with van der Waals surface area (Å²) >= 11 is 6.15. The summed E-state index contributed by atoms with van der Waals surface area (Å²) in [5, 5.41) is 0.450. The number of rotatable bonds is 5. The highest BCUT2D eigenvalue weighted by atomic mass is 35.5. The van der Waals surface area contributed by atoms with E-state index in [9.17, 15) is 9.59 Å². The van der Waals surface area contributed by atoms with Gasteiger partial charge in [-0.25, -0.2) is 0 Å². The van der Waals surface area contributed by atoms with Gasteiger partial charge in [-0.3, -0.25) is 9.59 Å². The van der Waals surface area contributed by atoms with Crippen LogP contribution < -0.4 is 0 Å². The third-order valence-electron chi connectivity index (χ3n) is 4.17. The first-order valence-electron chi connectivity index (χ1n) is 7.76. The van der Waals surface area contributed by atoms with Gasteiger partial charge < -0.3 is 9.64 Å². The van der Waals surface area contributed by atoms with Crippen LogP contribution in [0.2, 0.25) is 5.02 Å². The fourth-order valence-corrected chi connectivity index (χ4v) is 3.16. The average Bonchev–Trinajstić information content (AvgIpc) is 2.56. The molecule has 0 N–H and O–H groups in total. The molecule has 0 aromatic heterocycles. The summed E-state index contributed by atoms with van der Waals surface area (Å²) in [5.41, 5.74) is 0.500. The zero-order chi connectivity index (χ0) is 15.9. The predicted molar refractivity (Wildman–Crippen MR) is 86.0 cm³/mol. The number of amides is 1. The second-order valence-corrected chi connectivity index (χ2v) is 6.00. The first-order valence-corrected chi connectivity index (χ1v) is 8.13. The second-order valence-electron chi connectivity index (χ2n) is 5.60. The van der Waals surface area contributed by atoms with E-state index in [-0.39, 0.29) is 24.3 Å². The fraction of sp³-hybridized carbons (Fsp3) is 0.529. The molecular weight excluding hydrogens is 302 g/mol. The minimum Gasteiger partial charge on any atom is -0.469 e. The molecule has 0 aliphatic heterocycles. The van der Waals surface area contributed by atoms with Crippen molar-refractivity contribution < 1.29 is 14.3 Å². The second kappa shape index (κ2) is 8.18. The summed E-state index contributed by atoms with van der Waals surface area (Å²) in [5.74, 6) is -0.394. The Morgan fingerprint density at radius 2 is 1.91 bits per heavy atom. The monoisotopic (exact) mass is 323 g/mol. The van der Waals surface area contributed by atoms with Crippen molar-refractivity contribution in [3.63, 3.8) is 0 Å². The van der Waals surface area contributed by atoms with Crippen LogP contribution in [0.3, 0.4) is 0 Å². The molecular formula is C17H22ClNO3. The van der Waals surface area contributed by atoms with E-state index in [0.29, 0.717) is 17.1 Å². The Bertz CT molecular complexity index is 526. The first-order chi connectivity index (χ1) is 10.6. The molecule has 0 atom stereocenters. The van der Waals surface area contributed by atoms with Crippen molar-refractivity contribution in [1.29, 1.82) is 0 Å². The zero-order valence-electron chi connectivity index (χ0n) is 12.9. The Balaban J connectivity index is 2.16. The number of ether oxygens (including phenoxy) is 1. The number of carbonyl (C=O) groups is 2. The Kier molecular flexibility index (Phi) is 6.25. The van der Waals surface area contributed by atoms with Gasteiger partial charge in [-0.1, -0.05) is 43.0 Å². The van der Waals surface area contributed by atoms with E-state index in [4.69, 9.17) is 16.3 Å². The molecule has 1 amide bonds. The lowest BCUT2D eigenvalue weighted by Gasteiger charge is -2.34. The van der Waals surface area contributed by atoms with E-state index in [0.717, 1.165) is 25.7 Å². The van der Waals surface area contributed by atoms with Gasteiger partial charge in [0.05, 0.1) is 24.1 Å². The molecule has 0 saturated heterocycles. The van der Waals surface area contributed by atoms with E-state index in [2.05, 4.69) is 0 Å². The van der Waals surface area contributed by atoms with Crippen LogP contribution in [0.25, 0.3) is 0 Å². The average molecular weight is 324 g/mol. The van der Waals surface area contributed by atoms with Crippen LogP contribution in [0.5, 0.6) is 0 Å². The molecule has 0 spiro atoms. The summed E-state index contributed by atoms with van der Waals surface area (Å²) in [6, 6.07) is 7.24. The molecule has 22 heavy (non-hydrogen) atoms. The lowest BCUT2D eigenvalue weighted by molar-refractivity contribution is -0.140. The molecule has 2 rings (SSSR count). The fourth-order valence-electron chi connectivity index (χ4n) is 2.95. The number of hydrogen-bond donors (Lipinski definition) is 0. The largest absolute Gasteiger partial charge is 0.469 e. The topological polar surface area (TPSA) is 46.6 Å². The minimum atomic E-state index is -0.298. The maximum absolute atomic E-state index is 12.9. The molecule has 0 heterocycles. The van der Waals surface area contributed by atoms with Gasteiger partial charge in [-0.05, 0) is 25.0 Å². The van der Waals surface area contributed by atoms with Crippen molar-refractivity contribution in [2.24, 2.45) is 0 Å². The van der Waals surface area contributed by atoms with Crippen LogP contribution in [0.4, 0.5) is 0 Å². The van der Waals surface area contributed by atoms with Crippen molar-refractivity contribution in [2.45, 2.75) is 44.6 Å². The number of benzene rings is 1. The molecule has 0 radical (unpaired) electrons. The lowest BCUT2D eigenvalue weighted by Crippen LogP contribution is -2.42. The Morgan fingerprint density at radius 3 is 2.55 bits per heavy atom. The Hall–Kier alpha value is -1.55. The van der Waals surface area contributed by atoms with Gasteiger partial charge in [-0.2, -0.15) is 0 Å². The summed E-state index contributed by atoms with van der Waals surface area (Å²) in [6.07, 6.45) is 5.63. The van der Waals surface area contributed by atoms with Gasteiger partial charge in [0.25, 0.3) is 5.91 Å². The number of methoxy groups -OCH3 is 1. The summed E-state index contributed by atoms with van der Waals surface area (Å²) < 4.78 is 4.69. The normalized spacial score (nSPS) is 15.4. The Labute approximate surface area is 136 Å². The van der Waals surface area contributed by atoms with Crippen LogP contribution in [0.1, 0.15) is 48.9 Å². The van der Waals surface area contributed by atoms with Crippen molar-refractivity contribution in [2.75, 3.05) is 13.7 Å². The molecule has 1 aromatic rings. The number of carbonyl (C=O) groups excluding carboxylic acids is 2. The molecule has 1 aliphatic carbocycles.